The van der Waals surface area contributed by atoms with Crippen LogP contribution in [0, 0.1) is 0 Å². The summed E-state index contributed by atoms with van der Waals surface area (Å²) in [5.74, 6) is -0.637. The van der Waals surface area contributed by atoms with Crippen molar-refractivity contribution < 1.29 is 33.7 Å². The number of methoxy groups -OCH3 is 2. The lowest BCUT2D eigenvalue weighted by Gasteiger charge is -2.14. The monoisotopic (exact) mass is 536 g/mol. The fraction of sp³-hybridized carbons (Fsp3) is 0.217. The number of carbonyl (C=O) groups excluding carboxylic acids is 2. The van der Waals surface area contributed by atoms with Crippen molar-refractivity contribution in [3.8, 4) is 17.2 Å². The van der Waals surface area contributed by atoms with Crippen LogP contribution in [0.3, 0.4) is 0 Å². The number of benzene rings is 2. The van der Waals surface area contributed by atoms with Crippen LogP contribution >= 0.6 is 35.8 Å². The van der Waals surface area contributed by atoms with Gasteiger partial charge in [-0.15, -0.1) is 0 Å². The standard InChI is InChI=1S/C23H21ClN2O7S2/c1-31-18-10-14(11-19-21(29)26(12-20(27)28)23(34)35-19)5-8-17(18)33-15-6-3-13(4-7-15)9-16(25-24)22(30)32-2/h3-8,10-11,16,25H,9,12H2,1-2H3,(H,27,28)/b19-11-/t16-/m0/s1. The average Bonchev–Trinajstić information content (AvgIpc) is 3.10. The van der Waals surface area contributed by atoms with Gasteiger partial charge in [0.1, 0.15) is 22.7 Å². The molecule has 1 aliphatic heterocycles. The number of carbonyl (C=O) groups is 3. The number of carboxylic acids is 1. The Morgan fingerprint density at radius 1 is 1.20 bits per heavy atom. The van der Waals surface area contributed by atoms with Gasteiger partial charge in [0.25, 0.3) is 5.91 Å². The largest absolute Gasteiger partial charge is 0.493 e. The van der Waals surface area contributed by atoms with Gasteiger partial charge in [-0.25, -0.2) is 4.84 Å². The number of ether oxygens (including phenoxy) is 3. The van der Waals surface area contributed by atoms with Crippen molar-refractivity contribution in [1.29, 1.82) is 0 Å². The van der Waals surface area contributed by atoms with Crippen LogP contribution < -0.4 is 14.3 Å². The van der Waals surface area contributed by atoms with Crippen LogP contribution in [0.2, 0.25) is 0 Å². The molecule has 9 nitrogen and oxygen atoms in total. The molecule has 184 valence electrons. The summed E-state index contributed by atoms with van der Waals surface area (Å²) < 4.78 is 16.3. The van der Waals surface area contributed by atoms with Crippen molar-refractivity contribution >= 4 is 64.0 Å². The molecule has 0 saturated carbocycles. The number of esters is 1. The van der Waals surface area contributed by atoms with Crippen molar-refractivity contribution in [2.45, 2.75) is 12.5 Å². The van der Waals surface area contributed by atoms with E-state index in [9.17, 15) is 14.4 Å². The highest BCUT2D eigenvalue weighted by Crippen LogP contribution is 2.36. The van der Waals surface area contributed by atoms with Crippen LogP contribution in [0.5, 0.6) is 17.2 Å². The first-order valence-electron chi connectivity index (χ1n) is 10.1. The minimum Gasteiger partial charge on any atom is -0.493 e. The Hall–Kier alpha value is -3.12. The number of halogens is 1. The lowest BCUT2D eigenvalue weighted by molar-refractivity contribution is -0.142. The Morgan fingerprint density at radius 3 is 2.51 bits per heavy atom. The van der Waals surface area contributed by atoms with Crippen LogP contribution in [-0.2, 0) is 25.5 Å². The van der Waals surface area contributed by atoms with Crippen LogP contribution in [0.1, 0.15) is 11.1 Å². The molecule has 0 spiro atoms. The number of rotatable bonds is 10. The van der Waals surface area contributed by atoms with E-state index in [1.165, 1.54) is 14.2 Å². The molecule has 3 rings (SSSR count). The Morgan fingerprint density at radius 2 is 1.91 bits per heavy atom. The van der Waals surface area contributed by atoms with Crippen molar-refractivity contribution in [2.24, 2.45) is 0 Å². The van der Waals surface area contributed by atoms with Crippen LogP contribution in [-0.4, -0.2) is 59.0 Å². The molecule has 1 fully saturated rings. The SMILES string of the molecule is COC(=O)[C@H](Cc1ccc(Oc2ccc(/C=C3\SC(=S)N(CC(=O)O)C3=O)cc2OC)cc1)NCl. The number of hydrogen-bond donors (Lipinski definition) is 2. The van der Waals surface area contributed by atoms with E-state index in [0.717, 1.165) is 22.2 Å². The molecule has 1 amide bonds. The van der Waals surface area contributed by atoms with Gasteiger partial charge in [-0.2, -0.15) is 0 Å². The summed E-state index contributed by atoms with van der Waals surface area (Å²) >= 11 is 11.8. The van der Waals surface area contributed by atoms with Crippen molar-refractivity contribution in [1.82, 2.24) is 9.74 Å². The smallest absolute Gasteiger partial charge is 0.324 e. The Kier molecular flexibility index (Phi) is 9.10. The average molecular weight is 537 g/mol. The van der Waals surface area contributed by atoms with Gasteiger partial charge in [0.05, 0.1) is 19.1 Å². The third kappa shape index (κ3) is 6.73. The van der Waals surface area contributed by atoms with E-state index < -0.39 is 30.4 Å². The second kappa shape index (κ2) is 12.0. The molecule has 1 atom stereocenters. The van der Waals surface area contributed by atoms with Gasteiger partial charge < -0.3 is 19.3 Å². The van der Waals surface area contributed by atoms with Gasteiger partial charge >= 0.3 is 11.9 Å². The summed E-state index contributed by atoms with van der Waals surface area (Å²) in [6.45, 7) is -0.484. The number of thioether (sulfide) groups is 1. The molecule has 35 heavy (non-hydrogen) atoms. The lowest BCUT2D eigenvalue weighted by atomic mass is 10.1. The maximum atomic E-state index is 12.5. The summed E-state index contributed by atoms with van der Waals surface area (Å²) in [6, 6.07) is 11.6. The lowest BCUT2D eigenvalue weighted by Crippen LogP contribution is -2.33. The second-order valence-electron chi connectivity index (χ2n) is 7.21. The minimum atomic E-state index is -1.14. The highest BCUT2D eigenvalue weighted by atomic mass is 35.5. The van der Waals surface area contributed by atoms with E-state index >= 15 is 0 Å². The van der Waals surface area contributed by atoms with E-state index in [0.29, 0.717) is 34.1 Å². The van der Waals surface area contributed by atoms with Crippen molar-refractivity contribution in [2.75, 3.05) is 20.8 Å². The van der Waals surface area contributed by atoms with Gasteiger partial charge in [-0.1, -0.05) is 42.2 Å². The van der Waals surface area contributed by atoms with Gasteiger partial charge in [-0.3, -0.25) is 19.3 Å². The topological polar surface area (TPSA) is 114 Å². The molecule has 2 aromatic carbocycles. The Bertz CT molecular complexity index is 1170. The molecule has 0 bridgehead atoms. The van der Waals surface area contributed by atoms with Gasteiger partial charge in [0.2, 0.25) is 0 Å². The molecule has 1 aliphatic rings. The molecule has 0 aromatic heterocycles. The zero-order valence-electron chi connectivity index (χ0n) is 18.6. The second-order valence-corrected chi connectivity index (χ2v) is 9.10. The van der Waals surface area contributed by atoms with Crippen LogP contribution in [0.25, 0.3) is 6.08 Å². The predicted octanol–water partition coefficient (Wildman–Crippen LogP) is 3.60. The van der Waals surface area contributed by atoms with E-state index in [-0.39, 0.29) is 4.32 Å². The quantitative estimate of drug-likeness (QED) is 0.202. The number of hydrogen-bond acceptors (Lipinski definition) is 9. The molecular formula is C23H21ClN2O7S2. The van der Waals surface area contributed by atoms with Gasteiger partial charge in [0, 0.05) is 0 Å². The van der Waals surface area contributed by atoms with Gasteiger partial charge in [0.15, 0.2) is 11.5 Å². The summed E-state index contributed by atoms with van der Waals surface area (Å²) in [4.78, 5) is 38.9. The number of thiocarbonyl (C=S) groups is 1. The van der Waals surface area contributed by atoms with Crippen molar-refractivity contribution in [3.63, 3.8) is 0 Å². The number of amides is 1. The number of carboxylic acid groups (broad SMARTS) is 1. The zero-order chi connectivity index (χ0) is 25.5. The summed E-state index contributed by atoms with van der Waals surface area (Å²) in [5, 5.41) is 8.96. The number of aliphatic carboxylic acids is 1. The highest BCUT2D eigenvalue weighted by molar-refractivity contribution is 8.26. The zero-order valence-corrected chi connectivity index (χ0v) is 21.0. The molecule has 0 aliphatic carbocycles. The maximum absolute atomic E-state index is 12.5. The summed E-state index contributed by atoms with van der Waals surface area (Å²) in [7, 11) is 2.79. The molecule has 1 heterocycles. The first kappa shape index (κ1) is 26.5. The van der Waals surface area contributed by atoms with Crippen LogP contribution in [0.4, 0.5) is 0 Å². The minimum absolute atomic E-state index is 0.193. The van der Waals surface area contributed by atoms with Gasteiger partial charge in [-0.05, 0) is 59.7 Å². The van der Waals surface area contributed by atoms with Crippen LogP contribution in [0.15, 0.2) is 47.4 Å². The molecular weight excluding hydrogens is 516 g/mol. The fourth-order valence-electron chi connectivity index (χ4n) is 3.15. The molecule has 0 unspecified atom stereocenters. The van der Waals surface area contributed by atoms with E-state index in [2.05, 4.69) is 4.84 Å². The number of nitrogens with one attached hydrogen (secondary N) is 1. The highest BCUT2D eigenvalue weighted by Gasteiger charge is 2.33. The third-order valence-corrected chi connectivity index (χ3v) is 6.50. The summed E-state index contributed by atoms with van der Waals surface area (Å²) in [5.41, 5.74) is 1.51. The molecule has 12 heteroatoms. The molecule has 0 radical (unpaired) electrons. The number of nitrogens with zero attached hydrogens (tertiary/aromatic N) is 1. The Labute approximate surface area is 216 Å². The normalized spacial score (nSPS) is 15.3. The molecule has 2 N–H and O–H groups in total. The molecule has 1 saturated heterocycles. The van der Waals surface area contributed by atoms with Crippen molar-refractivity contribution in [3.05, 3.63) is 58.5 Å². The summed E-state index contributed by atoms with van der Waals surface area (Å²) in [6.07, 6.45) is 1.96. The van der Waals surface area contributed by atoms with E-state index in [1.54, 1.807) is 48.5 Å². The molecule has 2 aromatic rings. The Balaban J connectivity index is 1.73. The van der Waals surface area contributed by atoms with E-state index in [1.807, 2.05) is 0 Å². The first-order valence-corrected chi connectivity index (χ1v) is 11.7. The van der Waals surface area contributed by atoms with E-state index in [4.69, 9.17) is 43.3 Å². The maximum Gasteiger partial charge on any atom is 0.324 e. The predicted molar refractivity (Wildman–Crippen MR) is 136 cm³/mol. The third-order valence-electron chi connectivity index (χ3n) is 4.86. The fourth-order valence-corrected chi connectivity index (χ4v) is 4.57. The first-order chi connectivity index (χ1) is 16.7.